The monoisotopic (exact) mass is 436 g/mol. The summed E-state index contributed by atoms with van der Waals surface area (Å²) >= 11 is 0. The smallest absolute Gasteiger partial charge is 0.296 e. The normalized spacial score (nSPS) is 20.5. The van der Waals surface area contributed by atoms with Crippen LogP contribution in [-0.2, 0) is 4.74 Å². The van der Waals surface area contributed by atoms with Gasteiger partial charge in [0.1, 0.15) is 17.3 Å². The summed E-state index contributed by atoms with van der Waals surface area (Å²) in [4.78, 5) is 0. The van der Waals surface area contributed by atoms with Crippen molar-refractivity contribution in [1.29, 1.82) is 0 Å². The van der Waals surface area contributed by atoms with E-state index in [1.165, 1.54) is 35.2 Å². The van der Waals surface area contributed by atoms with E-state index in [1.807, 2.05) is 0 Å². The highest BCUT2D eigenvalue weighted by atomic mass is 16.5. The van der Waals surface area contributed by atoms with Crippen LogP contribution in [0.15, 0.2) is 30.3 Å². The van der Waals surface area contributed by atoms with Crippen molar-refractivity contribution < 1.29 is 14.2 Å². The summed E-state index contributed by atoms with van der Waals surface area (Å²) in [5, 5.41) is 5.00. The van der Waals surface area contributed by atoms with Gasteiger partial charge in [-0.15, -0.1) is 5.10 Å². The summed E-state index contributed by atoms with van der Waals surface area (Å²) < 4.78 is 20.1. The van der Waals surface area contributed by atoms with Crippen molar-refractivity contribution in [3.05, 3.63) is 41.5 Å². The Bertz CT molecular complexity index is 1120. The van der Waals surface area contributed by atoms with E-state index < -0.39 is 0 Å². The lowest BCUT2D eigenvalue weighted by molar-refractivity contribution is 0.157. The van der Waals surface area contributed by atoms with E-state index in [9.17, 15) is 0 Å². The molecule has 6 nitrogen and oxygen atoms in total. The summed E-state index contributed by atoms with van der Waals surface area (Å²) in [6, 6.07) is 11.1. The van der Waals surface area contributed by atoms with Gasteiger partial charge in [-0.05, 0) is 62.1 Å². The molecule has 2 unspecified atom stereocenters. The van der Waals surface area contributed by atoms with Crippen molar-refractivity contribution in [2.24, 2.45) is 5.92 Å². The second-order valence-corrected chi connectivity index (χ2v) is 9.61. The number of hydrogen-bond acceptors (Lipinski definition) is 4. The number of fused-ring (bicyclic) bond motifs is 1. The predicted molar refractivity (Wildman–Crippen MR) is 128 cm³/mol. The number of rotatable bonds is 7. The zero-order valence-electron chi connectivity index (χ0n) is 19.9. The van der Waals surface area contributed by atoms with Crippen molar-refractivity contribution in [3.63, 3.8) is 0 Å². The Morgan fingerprint density at radius 3 is 2.44 bits per heavy atom. The van der Waals surface area contributed by atoms with Crippen LogP contribution in [-0.4, -0.2) is 56.7 Å². The van der Waals surface area contributed by atoms with Crippen LogP contribution in [0.4, 0.5) is 5.69 Å². The molecule has 2 fully saturated rings. The molecule has 170 valence electrons. The number of pyridine rings is 1. The minimum absolute atomic E-state index is 0.422. The molecule has 5 rings (SSSR count). The summed E-state index contributed by atoms with van der Waals surface area (Å²) in [7, 11) is 5.81. The maximum Gasteiger partial charge on any atom is 0.296 e. The lowest BCUT2D eigenvalue weighted by Crippen LogP contribution is -2.55. The minimum Gasteiger partial charge on any atom is -0.497 e. The Labute approximate surface area is 190 Å². The molecule has 2 aliphatic rings. The lowest BCUT2D eigenvalue weighted by atomic mass is 9.98. The Kier molecular flexibility index (Phi) is 5.38. The van der Waals surface area contributed by atoms with Crippen LogP contribution >= 0.6 is 0 Å². The van der Waals surface area contributed by atoms with Gasteiger partial charge in [0.15, 0.2) is 0 Å². The Hall–Kier alpha value is -2.57. The fourth-order valence-electron chi connectivity index (χ4n) is 5.52. The van der Waals surface area contributed by atoms with E-state index >= 15 is 0 Å². The molecule has 1 aliphatic heterocycles. The van der Waals surface area contributed by atoms with E-state index in [1.54, 1.807) is 14.2 Å². The van der Waals surface area contributed by atoms with Crippen LogP contribution < -0.4 is 14.0 Å². The molecule has 2 atom stereocenters. The van der Waals surface area contributed by atoms with Gasteiger partial charge in [-0.1, -0.05) is 6.07 Å². The van der Waals surface area contributed by atoms with Gasteiger partial charge in [0, 0.05) is 17.9 Å². The third-order valence-electron chi connectivity index (χ3n) is 7.35. The van der Waals surface area contributed by atoms with E-state index in [4.69, 9.17) is 19.3 Å². The topological polar surface area (TPSA) is 45.0 Å². The van der Waals surface area contributed by atoms with Crippen molar-refractivity contribution in [2.75, 3.05) is 41.0 Å². The average molecular weight is 437 g/mol. The van der Waals surface area contributed by atoms with Gasteiger partial charge in [-0.25, -0.2) is 4.52 Å². The highest BCUT2D eigenvalue weighted by molar-refractivity contribution is 5.81. The molecule has 6 heteroatoms. The van der Waals surface area contributed by atoms with Crippen molar-refractivity contribution in [3.8, 4) is 22.9 Å². The third-order valence-corrected chi connectivity index (χ3v) is 7.35. The molecule has 0 N–H and O–H groups in total. The van der Waals surface area contributed by atoms with Gasteiger partial charge < -0.3 is 14.2 Å². The molecule has 1 saturated heterocycles. The van der Waals surface area contributed by atoms with Crippen LogP contribution in [0.25, 0.3) is 16.8 Å². The summed E-state index contributed by atoms with van der Waals surface area (Å²) in [6.45, 7) is 7.00. The molecule has 32 heavy (non-hydrogen) atoms. The third kappa shape index (κ3) is 3.46. The molecule has 0 spiro atoms. The summed E-state index contributed by atoms with van der Waals surface area (Å²) in [5.74, 6) is 2.37. The lowest BCUT2D eigenvalue weighted by Gasteiger charge is -2.38. The average Bonchev–Trinajstić information content (AvgIpc) is 3.27. The van der Waals surface area contributed by atoms with E-state index in [0.29, 0.717) is 6.04 Å². The molecule has 1 saturated carbocycles. The van der Waals surface area contributed by atoms with Gasteiger partial charge in [0.25, 0.3) is 5.88 Å². The van der Waals surface area contributed by atoms with Crippen LogP contribution in [0.2, 0.25) is 0 Å². The highest BCUT2D eigenvalue weighted by Crippen LogP contribution is 2.45. The number of quaternary nitrogens is 1. The predicted octanol–water partition coefficient (Wildman–Crippen LogP) is 4.77. The Morgan fingerprint density at radius 1 is 1.09 bits per heavy atom. The Morgan fingerprint density at radius 2 is 1.84 bits per heavy atom. The molecule has 3 aromatic rings. The molecule has 1 aliphatic carbocycles. The fraction of sp³-hybridized carbons (Fsp3) is 0.500. The molecule has 0 bridgehead atoms. The first-order valence-corrected chi connectivity index (χ1v) is 11.6. The molecule has 0 radical (unpaired) electrons. The number of hydrogen-bond donors (Lipinski definition) is 0. The van der Waals surface area contributed by atoms with Gasteiger partial charge in [-0.3, -0.25) is 4.48 Å². The summed E-state index contributed by atoms with van der Waals surface area (Å²) in [5.41, 5.74) is 6.90. The minimum atomic E-state index is 0.422. The number of ether oxygens (including phenoxy) is 3. The SMILES string of the molecule is COc1cc(C)c(-c2cccc3c([N+](C)(CC4CC4)C4CCOC4)c(OC)nn23)c(C)c1. The zero-order chi connectivity index (χ0) is 22.5. The number of aromatic nitrogens is 2. The van der Waals surface area contributed by atoms with Crippen molar-refractivity contribution in [1.82, 2.24) is 14.1 Å². The summed E-state index contributed by atoms with van der Waals surface area (Å²) in [6.07, 6.45) is 3.71. The number of benzene rings is 1. The number of likely N-dealkylation sites (N-methyl/N-ethyl adjacent to an activating group) is 1. The largest absolute Gasteiger partial charge is 0.497 e. The quantitative estimate of drug-likeness (QED) is 0.501. The number of methoxy groups -OCH3 is 2. The molecular weight excluding hydrogens is 402 g/mol. The van der Waals surface area contributed by atoms with Gasteiger partial charge >= 0.3 is 0 Å². The van der Waals surface area contributed by atoms with Crippen molar-refractivity contribution >= 4 is 11.2 Å². The number of nitrogens with zero attached hydrogens (tertiary/aromatic N) is 3. The zero-order valence-corrected chi connectivity index (χ0v) is 19.9. The highest BCUT2D eigenvalue weighted by Gasteiger charge is 2.46. The molecule has 2 aromatic heterocycles. The standard InChI is InChI=1S/C26H34N3O3/c1-17-13-21(30-4)14-18(2)24(17)22-7-6-8-23-25(26(31-5)27-28(22)23)29(3,15-19-9-10-19)20-11-12-32-16-20/h6-8,13-14,19-20H,9-12,15-16H2,1-5H3/q+1. The molecule has 1 aromatic carbocycles. The van der Waals surface area contributed by atoms with E-state index in [2.05, 4.69) is 55.7 Å². The molecular formula is C26H34N3O3+. The van der Waals surface area contributed by atoms with Crippen LogP contribution in [0.1, 0.15) is 30.4 Å². The first-order chi connectivity index (χ1) is 15.5. The first kappa shape index (κ1) is 21.3. The fourth-order valence-corrected chi connectivity index (χ4v) is 5.52. The van der Waals surface area contributed by atoms with Gasteiger partial charge in [-0.2, -0.15) is 0 Å². The molecule has 0 amide bonds. The van der Waals surface area contributed by atoms with Gasteiger partial charge in [0.05, 0.1) is 46.7 Å². The van der Waals surface area contributed by atoms with Crippen LogP contribution in [0, 0.1) is 19.8 Å². The second-order valence-electron chi connectivity index (χ2n) is 9.61. The first-order valence-electron chi connectivity index (χ1n) is 11.6. The van der Waals surface area contributed by atoms with Crippen LogP contribution in [0.5, 0.6) is 11.6 Å². The number of aryl methyl sites for hydroxylation is 2. The van der Waals surface area contributed by atoms with Gasteiger partial charge in [0.2, 0.25) is 5.69 Å². The van der Waals surface area contributed by atoms with Crippen molar-refractivity contribution in [2.45, 2.75) is 39.2 Å². The maximum atomic E-state index is 5.92. The molecule has 3 heterocycles. The van der Waals surface area contributed by atoms with E-state index in [0.717, 1.165) is 59.4 Å². The van der Waals surface area contributed by atoms with E-state index in [-0.39, 0.29) is 0 Å². The van der Waals surface area contributed by atoms with Crippen LogP contribution in [0.3, 0.4) is 0 Å². The maximum absolute atomic E-state index is 5.92. The second kappa shape index (κ2) is 8.09. The Balaban J connectivity index is 1.72.